The highest BCUT2D eigenvalue weighted by molar-refractivity contribution is 5.77. The van der Waals surface area contributed by atoms with Crippen molar-refractivity contribution in [3.8, 4) is 5.75 Å². The van der Waals surface area contributed by atoms with Crippen molar-refractivity contribution in [2.75, 3.05) is 26.2 Å². The van der Waals surface area contributed by atoms with Crippen LogP contribution in [0.2, 0.25) is 0 Å². The molecule has 0 radical (unpaired) electrons. The van der Waals surface area contributed by atoms with Crippen LogP contribution >= 0.6 is 0 Å². The molecular weight excluding hydrogens is 394 g/mol. The number of rotatable bonds is 8. The molecule has 2 aromatic heterocycles. The molecule has 0 saturated carbocycles. The molecule has 0 fully saturated rings. The van der Waals surface area contributed by atoms with E-state index in [1.165, 1.54) is 5.57 Å². The van der Waals surface area contributed by atoms with Gasteiger partial charge in [-0.2, -0.15) is 0 Å². The zero-order chi connectivity index (χ0) is 21.5. The minimum atomic E-state index is -0.185. The number of fused-ring (bicyclic) bond motifs is 1. The second-order valence-electron chi connectivity index (χ2n) is 7.59. The van der Waals surface area contributed by atoms with Crippen molar-refractivity contribution in [3.05, 3.63) is 71.7 Å². The van der Waals surface area contributed by atoms with Gasteiger partial charge in [0.15, 0.2) is 12.4 Å². The summed E-state index contributed by atoms with van der Waals surface area (Å²) >= 11 is 0. The van der Waals surface area contributed by atoms with Crippen LogP contribution in [0.1, 0.15) is 24.3 Å². The molecule has 0 unspecified atom stereocenters. The van der Waals surface area contributed by atoms with Gasteiger partial charge < -0.3 is 19.0 Å². The van der Waals surface area contributed by atoms with Gasteiger partial charge in [-0.3, -0.25) is 9.69 Å². The van der Waals surface area contributed by atoms with Gasteiger partial charge in [0.05, 0.1) is 12.8 Å². The Labute approximate surface area is 181 Å². The number of nitrogens with zero attached hydrogens (tertiary/aromatic N) is 4. The monoisotopic (exact) mass is 421 g/mol. The predicted octanol–water partition coefficient (Wildman–Crippen LogP) is 2.53. The van der Waals surface area contributed by atoms with E-state index in [0.29, 0.717) is 12.3 Å². The number of aromatic nitrogens is 3. The highest BCUT2D eigenvalue weighted by Gasteiger charge is 2.19. The van der Waals surface area contributed by atoms with Gasteiger partial charge in [0.1, 0.15) is 17.3 Å². The summed E-state index contributed by atoms with van der Waals surface area (Å²) in [4.78, 5) is 14.5. The van der Waals surface area contributed by atoms with E-state index in [4.69, 9.17) is 9.15 Å². The fourth-order valence-electron chi connectivity index (χ4n) is 3.62. The summed E-state index contributed by atoms with van der Waals surface area (Å²) in [6, 6.07) is 13.1. The molecule has 1 amide bonds. The van der Waals surface area contributed by atoms with Gasteiger partial charge in [0.25, 0.3) is 5.91 Å². The first-order valence-corrected chi connectivity index (χ1v) is 10.5. The van der Waals surface area contributed by atoms with Gasteiger partial charge in [-0.05, 0) is 37.3 Å². The maximum absolute atomic E-state index is 12.1. The van der Waals surface area contributed by atoms with Crippen LogP contribution in [0.25, 0.3) is 6.08 Å². The third kappa shape index (κ3) is 5.82. The lowest BCUT2D eigenvalue weighted by atomic mass is 10.2. The normalized spacial score (nSPS) is 14.7. The highest BCUT2D eigenvalue weighted by atomic mass is 16.5. The van der Waals surface area contributed by atoms with E-state index in [-0.39, 0.29) is 12.5 Å². The first kappa shape index (κ1) is 20.9. The average molecular weight is 422 g/mol. The fourth-order valence-corrected chi connectivity index (χ4v) is 3.62. The minimum Gasteiger partial charge on any atom is -0.484 e. The summed E-state index contributed by atoms with van der Waals surface area (Å²) in [5, 5.41) is 11.5. The number of nitrogens with one attached hydrogen (secondary N) is 1. The molecule has 3 heterocycles. The molecule has 162 valence electrons. The third-order valence-corrected chi connectivity index (χ3v) is 5.16. The zero-order valence-corrected chi connectivity index (χ0v) is 17.7. The zero-order valence-electron chi connectivity index (χ0n) is 17.7. The van der Waals surface area contributed by atoms with Crippen molar-refractivity contribution >= 4 is 12.0 Å². The molecule has 0 aliphatic carbocycles. The number of amides is 1. The van der Waals surface area contributed by atoms with Gasteiger partial charge in [-0.1, -0.05) is 23.8 Å². The lowest BCUT2D eigenvalue weighted by Gasteiger charge is -2.19. The summed E-state index contributed by atoms with van der Waals surface area (Å²) in [6.07, 6.45) is 4.58. The van der Waals surface area contributed by atoms with Crippen LogP contribution in [-0.4, -0.2) is 51.8 Å². The molecule has 31 heavy (non-hydrogen) atoms. The second-order valence-corrected chi connectivity index (χ2v) is 7.59. The van der Waals surface area contributed by atoms with Gasteiger partial charge >= 0.3 is 0 Å². The fraction of sp³-hybridized carbons (Fsp3) is 0.348. The summed E-state index contributed by atoms with van der Waals surface area (Å²) in [5.74, 6) is 3.09. The minimum absolute atomic E-state index is 0.0277. The molecule has 0 saturated heterocycles. The number of hydrogen-bond acceptors (Lipinski definition) is 6. The van der Waals surface area contributed by atoms with E-state index in [1.54, 1.807) is 6.26 Å². The molecule has 8 heteroatoms. The Kier molecular flexibility index (Phi) is 6.78. The second kappa shape index (κ2) is 10.1. The van der Waals surface area contributed by atoms with Crippen molar-refractivity contribution in [1.29, 1.82) is 0 Å². The Morgan fingerprint density at radius 3 is 2.84 bits per heavy atom. The van der Waals surface area contributed by atoms with Crippen molar-refractivity contribution in [2.24, 2.45) is 0 Å². The van der Waals surface area contributed by atoms with Crippen LogP contribution in [0, 0.1) is 0 Å². The summed E-state index contributed by atoms with van der Waals surface area (Å²) in [7, 11) is 0. The number of hydrogen-bond donors (Lipinski definition) is 1. The smallest absolute Gasteiger partial charge is 0.258 e. The molecule has 1 aliphatic rings. The first-order chi connectivity index (χ1) is 15.2. The van der Waals surface area contributed by atoms with Crippen molar-refractivity contribution in [3.63, 3.8) is 0 Å². The van der Waals surface area contributed by atoms with Gasteiger partial charge in [0, 0.05) is 32.6 Å². The van der Waals surface area contributed by atoms with E-state index >= 15 is 0 Å². The molecule has 1 N–H and O–H groups in total. The lowest BCUT2D eigenvalue weighted by Crippen LogP contribution is -2.31. The van der Waals surface area contributed by atoms with Crippen LogP contribution in [0.15, 0.2) is 58.7 Å². The van der Waals surface area contributed by atoms with Gasteiger partial charge in [-0.25, -0.2) is 0 Å². The molecule has 4 rings (SSSR count). The Balaban J connectivity index is 1.27. The first-order valence-electron chi connectivity index (χ1n) is 10.5. The van der Waals surface area contributed by atoms with Crippen molar-refractivity contribution < 1.29 is 13.9 Å². The largest absolute Gasteiger partial charge is 0.484 e. The third-order valence-electron chi connectivity index (χ3n) is 5.16. The molecule has 1 aromatic carbocycles. The van der Waals surface area contributed by atoms with Gasteiger partial charge in [0.2, 0.25) is 0 Å². The molecule has 1 aliphatic heterocycles. The van der Waals surface area contributed by atoms with Gasteiger partial charge in [-0.15, -0.1) is 10.2 Å². The van der Waals surface area contributed by atoms with Crippen molar-refractivity contribution in [2.45, 2.75) is 26.4 Å². The topological polar surface area (TPSA) is 85.4 Å². The van der Waals surface area contributed by atoms with Crippen LogP contribution < -0.4 is 10.1 Å². The average Bonchev–Trinajstić information content (AvgIpc) is 3.38. The summed E-state index contributed by atoms with van der Waals surface area (Å²) < 4.78 is 13.0. The Bertz CT molecular complexity index is 1010. The number of furan rings is 1. The Morgan fingerprint density at radius 1 is 1.16 bits per heavy atom. The SMILES string of the molecule is CC(=Cc1ccco1)CN1CCc2nnc(CNC(=O)COc3ccccc3)n2CC1. The van der Waals surface area contributed by atoms with Crippen LogP contribution in [0.4, 0.5) is 0 Å². The Hall–Kier alpha value is -3.39. The van der Waals surface area contributed by atoms with E-state index in [1.807, 2.05) is 42.5 Å². The number of ether oxygens (including phenoxy) is 1. The molecule has 3 aromatic rings. The van der Waals surface area contributed by atoms with E-state index in [2.05, 4.69) is 38.0 Å². The van der Waals surface area contributed by atoms with Crippen LogP contribution in [0.3, 0.4) is 0 Å². The lowest BCUT2D eigenvalue weighted by molar-refractivity contribution is -0.123. The molecular formula is C23H27N5O3. The Morgan fingerprint density at radius 2 is 2.03 bits per heavy atom. The number of carbonyl (C=O) groups excluding carboxylic acids is 1. The molecule has 0 atom stereocenters. The van der Waals surface area contributed by atoms with Crippen LogP contribution in [-0.2, 0) is 24.3 Å². The number of para-hydroxylation sites is 1. The molecule has 0 spiro atoms. The molecule has 0 bridgehead atoms. The quantitative estimate of drug-likeness (QED) is 0.602. The van der Waals surface area contributed by atoms with Crippen LogP contribution in [0.5, 0.6) is 5.75 Å². The van der Waals surface area contributed by atoms with E-state index in [9.17, 15) is 4.79 Å². The maximum atomic E-state index is 12.1. The predicted molar refractivity (Wildman–Crippen MR) is 116 cm³/mol. The number of carbonyl (C=O) groups is 1. The highest BCUT2D eigenvalue weighted by Crippen LogP contribution is 2.13. The summed E-state index contributed by atoms with van der Waals surface area (Å²) in [5.41, 5.74) is 1.25. The van der Waals surface area contributed by atoms with E-state index in [0.717, 1.165) is 50.0 Å². The number of benzene rings is 1. The van der Waals surface area contributed by atoms with Crippen molar-refractivity contribution in [1.82, 2.24) is 25.0 Å². The standard InChI is InChI=1S/C23H27N5O3/c1-18(14-20-8-5-13-30-20)16-27-10-9-21-25-26-22(28(21)12-11-27)15-24-23(29)17-31-19-6-3-2-4-7-19/h2-8,13-14H,9-12,15-17H2,1H3,(H,24,29). The molecule has 8 nitrogen and oxygen atoms in total. The van der Waals surface area contributed by atoms with E-state index < -0.39 is 0 Å². The summed E-state index contributed by atoms with van der Waals surface area (Å²) in [6.45, 7) is 5.91. The maximum Gasteiger partial charge on any atom is 0.258 e.